The van der Waals surface area contributed by atoms with Crippen molar-refractivity contribution in [3.8, 4) is 33.8 Å². The minimum absolute atomic E-state index is 0.878. The van der Waals surface area contributed by atoms with Gasteiger partial charge in [-0.05, 0) is 46.2 Å². The third-order valence-electron chi connectivity index (χ3n) is 5.20. The van der Waals surface area contributed by atoms with Gasteiger partial charge in [-0.15, -0.1) is 0 Å². The highest BCUT2D eigenvalue weighted by Crippen LogP contribution is 2.35. The smallest absolute Gasteiger partial charge is 0.116 e. The molecule has 6 nitrogen and oxygen atoms in total. The molecule has 0 radical (unpaired) electrons. The highest BCUT2D eigenvalue weighted by Gasteiger charge is 2.15. The van der Waals surface area contributed by atoms with E-state index in [1.165, 1.54) is 16.5 Å². The Morgan fingerprint density at radius 2 is 1.97 bits per heavy atom. The number of benzene rings is 1. The Bertz CT molecular complexity index is 1470. The standard InChI is InChI=1S/C22H16N6S/c1-28-11-14(9-24-28)19-8-17-21(10-23-19)26-27-22(17)20-7-16-15(13-5-6-29-12-13)3-2-4-18(16)25-20/h2-12,25H,1H3,(H,26,27). The Labute approximate surface area is 169 Å². The molecule has 0 saturated heterocycles. The van der Waals surface area contributed by atoms with Gasteiger partial charge in [0.05, 0.1) is 29.3 Å². The summed E-state index contributed by atoms with van der Waals surface area (Å²) in [5.74, 6) is 0. The van der Waals surface area contributed by atoms with E-state index in [-0.39, 0.29) is 0 Å². The number of fused-ring (bicyclic) bond motifs is 2. The van der Waals surface area contributed by atoms with Gasteiger partial charge in [0.25, 0.3) is 0 Å². The zero-order valence-corrected chi connectivity index (χ0v) is 16.4. The van der Waals surface area contributed by atoms with Gasteiger partial charge in [-0.25, -0.2) is 0 Å². The maximum absolute atomic E-state index is 4.58. The van der Waals surface area contributed by atoms with Crippen molar-refractivity contribution in [2.75, 3.05) is 0 Å². The van der Waals surface area contributed by atoms with E-state index in [1.54, 1.807) is 16.0 Å². The Balaban J connectivity index is 1.53. The van der Waals surface area contributed by atoms with Crippen LogP contribution >= 0.6 is 11.3 Å². The van der Waals surface area contributed by atoms with Crippen LogP contribution in [0, 0.1) is 0 Å². The molecule has 0 aliphatic rings. The number of nitrogens with one attached hydrogen (secondary N) is 2. The number of H-pyrrole nitrogens is 2. The number of hydrogen-bond donors (Lipinski definition) is 2. The lowest BCUT2D eigenvalue weighted by molar-refractivity contribution is 0.768. The summed E-state index contributed by atoms with van der Waals surface area (Å²) in [6.07, 6.45) is 5.61. The molecule has 140 valence electrons. The zero-order valence-electron chi connectivity index (χ0n) is 15.5. The number of aryl methyl sites for hydroxylation is 1. The average Bonchev–Trinajstić information content (AvgIpc) is 3.51. The summed E-state index contributed by atoms with van der Waals surface area (Å²) in [6.45, 7) is 0. The van der Waals surface area contributed by atoms with Crippen LogP contribution in [0.3, 0.4) is 0 Å². The second-order valence-corrected chi connectivity index (χ2v) is 7.83. The fourth-order valence-corrected chi connectivity index (χ4v) is 4.44. The molecule has 2 N–H and O–H groups in total. The quantitative estimate of drug-likeness (QED) is 0.430. The summed E-state index contributed by atoms with van der Waals surface area (Å²) >= 11 is 1.71. The maximum Gasteiger partial charge on any atom is 0.116 e. The normalized spacial score (nSPS) is 11.6. The Kier molecular flexibility index (Phi) is 3.45. The summed E-state index contributed by atoms with van der Waals surface area (Å²) in [5, 5.41) is 18.4. The van der Waals surface area contributed by atoms with E-state index in [0.717, 1.165) is 39.1 Å². The van der Waals surface area contributed by atoms with Crippen molar-refractivity contribution in [2.45, 2.75) is 0 Å². The number of rotatable bonds is 3. The van der Waals surface area contributed by atoms with Crippen LogP contribution in [0.4, 0.5) is 0 Å². The van der Waals surface area contributed by atoms with Gasteiger partial charge in [0.15, 0.2) is 0 Å². The van der Waals surface area contributed by atoms with Crippen LogP contribution in [0.5, 0.6) is 0 Å². The van der Waals surface area contributed by atoms with Gasteiger partial charge in [-0.3, -0.25) is 14.8 Å². The molecule has 0 saturated carbocycles. The minimum Gasteiger partial charge on any atom is -0.353 e. The first kappa shape index (κ1) is 16.3. The van der Waals surface area contributed by atoms with Gasteiger partial charge in [-0.2, -0.15) is 21.5 Å². The molecule has 7 heteroatoms. The molecule has 0 unspecified atom stereocenters. The molecular formula is C22H16N6S. The molecule has 6 aromatic rings. The van der Waals surface area contributed by atoms with Crippen molar-refractivity contribution in [1.82, 2.24) is 29.9 Å². The zero-order chi connectivity index (χ0) is 19.4. The maximum atomic E-state index is 4.58. The van der Waals surface area contributed by atoms with Gasteiger partial charge in [-0.1, -0.05) is 12.1 Å². The van der Waals surface area contributed by atoms with Crippen LogP contribution in [0.25, 0.3) is 55.6 Å². The van der Waals surface area contributed by atoms with Crippen molar-refractivity contribution >= 4 is 33.1 Å². The highest BCUT2D eigenvalue weighted by molar-refractivity contribution is 7.08. The van der Waals surface area contributed by atoms with Crippen LogP contribution < -0.4 is 0 Å². The van der Waals surface area contributed by atoms with Gasteiger partial charge in [0.1, 0.15) is 5.69 Å². The number of hydrogen-bond acceptors (Lipinski definition) is 4. The number of aromatic nitrogens is 6. The van der Waals surface area contributed by atoms with Gasteiger partial charge in [0.2, 0.25) is 0 Å². The van der Waals surface area contributed by atoms with Gasteiger partial charge < -0.3 is 4.98 Å². The van der Waals surface area contributed by atoms with E-state index in [9.17, 15) is 0 Å². The average molecular weight is 396 g/mol. The molecule has 0 atom stereocenters. The van der Waals surface area contributed by atoms with Crippen LogP contribution in [-0.2, 0) is 7.05 Å². The predicted octanol–water partition coefficient (Wildman–Crippen LogP) is 5.24. The van der Waals surface area contributed by atoms with E-state index >= 15 is 0 Å². The SMILES string of the molecule is Cn1cc(-c2cc3c(-c4cc5c(-c6ccsc6)cccc5[nH]4)n[nH]c3cn2)cn1. The van der Waals surface area contributed by atoms with Crippen molar-refractivity contribution < 1.29 is 0 Å². The lowest BCUT2D eigenvalue weighted by atomic mass is 10.0. The molecule has 0 fully saturated rings. The molecule has 0 spiro atoms. The lowest BCUT2D eigenvalue weighted by Gasteiger charge is -1.99. The minimum atomic E-state index is 0.878. The summed E-state index contributed by atoms with van der Waals surface area (Å²) in [6, 6.07) is 12.8. The van der Waals surface area contributed by atoms with Crippen LogP contribution in [0.15, 0.2) is 65.7 Å². The number of aromatic amines is 2. The molecule has 0 aliphatic carbocycles. The number of nitrogens with zero attached hydrogens (tertiary/aromatic N) is 4. The molecule has 29 heavy (non-hydrogen) atoms. The Morgan fingerprint density at radius 1 is 1.00 bits per heavy atom. The fourth-order valence-electron chi connectivity index (χ4n) is 3.79. The van der Waals surface area contributed by atoms with E-state index < -0.39 is 0 Å². The van der Waals surface area contributed by atoms with Crippen molar-refractivity contribution in [3.63, 3.8) is 0 Å². The summed E-state index contributed by atoms with van der Waals surface area (Å²) < 4.78 is 1.78. The molecule has 1 aromatic carbocycles. The molecule has 5 heterocycles. The molecule has 5 aromatic heterocycles. The monoisotopic (exact) mass is 396 g/mol. The molecule has 0 bridgehead atoms. The van der Waals surface area contributed by atoms with Gasteiger partial charge in [0, 0.05) is 35.1 Å². The molecule has 6 rings (SSSR count). The predicted molar refractivity (Wildman–Crippen MR) is 117 cm³/mol. The lowest BCUT2D eigenvalue weighted by Crippen LogP contribution is -1.85. The molecule has 0 amide bonds. The summed E-state index contributed by atoms with van der Waals surface area (Å²) in [7, 11) is 1.90. The van der Waals surface area contributed by atoms with E-state index in [2.05, 4.69) is 72.4 Å². The Hall–Kier alpha value is -3.71. The number of pyridine rings is 1. The third-order valence-corrected chi connectivity index (χ3v) is 5.88. The van der Waals surface area contributed by atoms with Crippen LogP contribution in [-0.4, -0.2) is 29.9 Å². The first-order valence-electron chi connectivity index (χ1n) is 9.24. The topological polar surface area (TPSA) is 75.2 Å². The molecular weight excluding hydrogens is 380 g/mol. The van der Waals surface area contributed by atoms with Crippen molar-refractivity contribution in [1.29, 1.82) is 0 Å². The largest absolute Gasteiger partial charge is 0.353 e. The van der Waals surface area contributed by atoms with Crippen LogP contribution in [0.2, 0.25) is 0 Å². The summed E-state index contributed by atoms with van der Waals surface area (Å²) in [4.78, 5) is 8.09. The van der Waals surface area contributed by atoms with Gasteiger partial charge >= 0.3 is 0 Å². The third kappa shape index (κ3) is 2.59. The first-order chi connectivity index (χ1) is 14.3. The second kappa shape index (κ2) is 6.15. The van der Waals surface area contributed by atoms with E-state index in [1.807, 2.05) is 25.6 Å². The van der Waals surface area contributed by atoms with Crippen molar-refractivity contribution in [3.05, 3.63) is 65.7 Å². The fraction of sp³-hybridized carbons (Fsp3) is 0.0455. The number of thiophene rings is 1. The Morgan fingerprint density at radius 3 is 2.79 bits per heavy atom. The molecule has 0 aliphatic heterocycles. The highest BCUT2D eigenvalue weighted by atomic mass is 32.1. The van der Waals surface area contributed by atoms with Crippen LogP contribution in [0.1, 0.15) is 0 Å². The second-order valence-electron chi connectivity index (χ2n) is 7.05. The first-order valence-corrected chi connectivity index (χ1v) is 10.2. The van der Waals surface area contributed by atoms with E-state index in [0.29, 0.717) is 0 Å². The van der Waals surface area contributed by atoms with Crippen molar-refractivity contribution in [2.24, 2.45) is 7.05 Å². The summed E-state index contributed by atoms with van der Waals surface area (Å²) in [5.41, 5.74) is 8.20. The van der Waals surface area contributed by atoms with E-state index in [4.69, 9.17) is 0 Å².